The molecule has 0 saturated heterocycles. The van der Waals surface area contributed by atoms with Crippen molar-refractivity contribution in [2.45, 2.75) is 4.90 Å². The van der Waals surface area contributed by atoms with Gasteiger partial charge in [0.05, 0.1) is 10.5 Å². The second-order valence-electron chi connectivity index (χ2n) is 6.04. The summed E-state index contributed by atoms with van der Waals surface area (Å²) < 4.78 is 32.9. The van der Waals surface area contributed by atoms with Gasteiger partial charge in [0, 0.05) is 17.1 Å². The highest BCUT2D eigenvalue weighted by Gasteiger charge is 2.21. The Balaban J connectivity index is 1.64. The Kier molecular flexibility index (Phi) is 4.58. The molecule has 3 aromatic carbocycles. The zero-order valence-electron chi connectivity index (χ0n) is 14.6. The highest BCUT2D eigenvalue weighted by Crippen LogP contribution is 2.31. The first-order valence-electron chi connectivity index (χ1n) is 8.50. The largest absolute Gasteiger partial charge is 0.456 e. The molecule has 0 saturated carbocycles. The van der Waals surface area contributed by atoms with Crippen LogP contribution >= 0.6 is 0 Å². The van der Waals surface area contributed by atoms with Gasteiger partial charge in [0.15, 0.2) is 0 Å². The number of benzene rings is 3. The molecule has 0 aliphatic heterocycles. The standard InChI is InChI=1S/C21H16N2O4S/c24-21(23-28(25,26)15-7-2-1-3-8-15)17-9-4-5-11-20(17)27-19-12-6-10-18-16(19)13-14-22-18/h1-14,22H,(H,23,24). The summed E-state index contributed by atoms with van der Waals surface area (Å²) in [6, 6.07) is 21.6. The SMILES string of the molecule is O=C(NS(=O)(=O)c1ccccc1)c1ccccc1Oc1cccc2[nH]ccc12. The molecule has 28 heavy (non-hydrogen) atoms. The van der Waals surface area contributed by atoms with E-state index in [0.29, 0.717) is 5.75 Å². The third kappa shape index (κ3) is 3.47. The van der Waals surface area contributed by atoms with Crippen LogP contribution in [0.5, 0.6) is 11.5 Å². The highest BCUT2D eigenvalue weighted by atomic mass is 32.2. The van der Waals surface area contributed by atoms with Gasteiger partial charge in [0.25, 0.3) is 15.9 Å². The van der Waals surface area contributed by atoms with Crippen molar-refractivity contribution in [1.82, 2.24) is 9.71 Å². The maximum absolute atomic E-state index is 12.7. The van der Waals surface area contributed by atoms with Crippen molar-refractivity contribution >= 4 is 26.8 Å². The van der Waals surface area contributed by atoms with Crippen LogP contribution < -0.4 is 9.46 Å². The molecule has 0 aliphatic carbocycles. The summed E-state index contributed by atoms with van der Waals surface area (Å²) in [6.45, 7) is 0. The molecule has 6 nitrogen and oxygen atoms in total. The van der Waals surface area contributed by atoms with Gasteiger partial charge in [-0.15, -0.1) is 0 Å². The number of aromatic nitrogens is 1. The molecule has 0 bridgehead atoms. The third-order valence-corrected chi connectivity index (χ3v) is 5.53. The van der Waals surface area contributed by atoms with E-state index in [0.717, 1.165) is 10.9 Å². The van der Waals surface area contributed by atoms with Gasteiger partial charge in [-0.1, -0.05) is 36.4 Å². The van der Waals surface area contributed by atoms with Crippen LogP contribution in [-0.2, 0) is 10.0 Å². The van der Waals surface area contributed by atoms with Crippen LogP contribution in [0.2, 0.25) is 0 Å². The van der Waals surface area contributed by atoms with Gasteiger partial charge >= 0.3 is 0 Å². The normalized spacial score (nSPS) is 11.3. The minimum absolute atomic E-state index is 0.0128. The van der Waals surface area contributed by atoms with Crippen molar-refractivity contribution in [2.75, 3.05) is 0 Å². The van der Waals surface area contributed by atoms with Crippen LogP contribution in [-0.4, -0.2) is 19.3 Å². The molecule has 4 aromatic rings. The monoisotopic (exact) mass is 392 g/mol. The molecule has 140 valence electrons. The van der Waals surface area contributed by atoms with E-state index < -0.39 is 15.9 Å². The molecule has 0 spiro atoms. The van der Waals surface area contributed by atoms with E-state index in [1.165, 1.54) is 18.2 Å². The molecule has 0 unspecified atom stereocenters. The maximum atomic E-state index is 12.7. The number of amides is 1. The number of para-hydroxylation sites is 1. The Hall–Kier alpha value is -3.58. The lowest BCUT2D eigenvalue weighted by atomic mass is 10.2. The van der Waals surface area contributed by atoms with Gasteiger partial charge in [-0.25, -0.2) is 13.1 Å². The van der Waals surface area contributed by atoms with Crippen molar-refractivity contribution in [3.63, 3.8) is 0 Å². The molecule has 1 aromatic heterocycles. The van der Waals surface area contributed by atoms with Crippen LogP contribution in [0.4, 0.5) is 0 Å². The molecule has 4 rings (SSSR count). The van der Waals surface area contributed by atoms with Gasteiger partial charge in [-0.3, -0.25) is 4.79 Å². The Morgan fingerprint density at radius 2 is 1.54 bits per heavy atom. The minimum Gasteiger partial charge on any atom is -0.456 e. The van der Waals surface area contributed by atoms with Crippen LogP contribution in [0.1, 0.15) is 10.4 Å². The van der Waals surface area contributed by atoms with E-state index in [2.05, 4.69) is 9.71 Å². The number of carbonyl (C=O) groups is 1. The smallest absolute Gasteiger partial charge is 0.268 e. The van der Waals surface area contributed by atoms with Crippen LogP contribution in [0.3, 0.4) is 0 Å². The molecule has 0 atom stereocenters. The number of hydrogen-bond acceptors (Lipinski definition) is 4. The maximum Gasteiger partial charge on any atom is 0.268 e. The molecule has 0 aliphatic rings. The van der Waals surface area contributed by atoms with Gasteiger partial charge in [0.1, 0.15) is 11.5 Å². The first kappa shape index (κ1) is 17.8. The molecular formula is C21H16N2O4S. The summed E-state index contributed by atoms with van der Waals surface area (Å²) in [5.41, 5.74) is 1.01. The lowest BCUT2D eigenvalue weighted by Crippen LogP contribution is -2.30. The number of fused-ring (bicyclic) bond motifs is 1. The number of sulfonamides is 1. The topological polar surface area (TPSA) is 88.3 Å². The summed E-state index contributed by atoms with van der Waals surface area (Å²) in [4.78, 5) is 15.8. The van der Waals surface area contributed by atoms with Crippen LogP contribution in [0.15, 0.2) is 90.0 Å². The molecule has 2 N–H and O–H groups in total. The third-order valence-electron chi connectivity index (χ3n) is 4.19. The van der Waals surface area contributed by atoms with E-state index >= 15 is 0 Å². The number of aromatic amines is 1. The summed E-state index contributed by atoms with van der Waals surface area (Å²) in [6.07, 6.45) is 1.79. The Bertz CT molecular complexity index is 1250. The van der Waals surface area contributed by atoms with E-state index in [4.69, 9.17) is 4.74 Å². The first-order valence-corrected chi connectivity index (χ1v) is 9.98. The summed E-state index contributed by atoms with van der Waals surface area (Å²) in [5, 5.41) is 0.856. The molecule has 0 radical (unpaired) electrons. The summed E-state index contributed by atoms with van der Waals surface area (Å²) >= 11 is 0. The van der Waals surface area contributed by atoms with Crippen molar-refractivity contribution in [3.05, 3.63) is 90.6 Å². The number of carbonyl (C=O) groups excluding carboxylic acids is 1. The van der Waals surface area contributed by atoms with E-state index in [-0.39, 0.29) is 16.2 Å². The second kappa shape index (κ2) is 7.21. The van der Waals surface area contributed by atoms with Crippen molar-refractivity contribution in [1.29, 1.82) is 0 Å². The zero-order chi connectivity index (χ0) is 19.6. The Morgan fingerprint density at radius 3 is 2.36 bits per heavy atom. The molecule has 1 heterocycles. The fourth-order valence-electron chi connectivity index (χ4n) is 2.84. The van der Waals surface area contributed by atoms with E-state index in [9.17, 15) is 13.2 Å². The minimum atomic E-state index is -3.98. The predicted molar refractivity (Wildman–Crippen MR) is 106 cm³/mol. The number of ether oxygens (including phenoxy) is 1. The van der Waals surface area contributed by atoms with E-state index in [1.54, 1.807) is 48.7 Å². The molecule has 7 heteroatoms. The number of hydrogen-bond donors (Lipinski definition) is 2. The van der Waals surface area contributed by atoms with Crippen molar-refractivity contribution < 1.29 is 17.9 Å². The highest BCUT2D eigenvalue weighted by molar-refractivity contribution is 7.90. The van der Waals surface area contributed by atoms with Crippen LogP contribution in [0.25, 0.3) is 10.9 Å². The van der Waals surface area contributed by atoms with Crippen molar-refractivity contribution in [3.8, 4) is 11.5 Å². The van der Waals surface area contributed by atoms with Gasteiger partial charge in [-0.2, -0.15) is 0 Å². The Morgan fingerprint density at radius 1 is 0.821 bits per heavy atom. The second-order valence-corrected chi connectivity index (χ2v) is 7.72. The summed E-state index contributed by atoms with van der Waals surface area (Å²) in [5.74, 6) is 0.0579. The lowest BCUT2D eigenvalue weighted by Gasteiger charge is -2.12. The number of nitrogens with one attached hydrogen (secondary N) is 2. The quantitative estimate of drug-likeness (QED) is 0.536. The van der Waals surface area contributed by atoms with Crippen molar-refractivity contribution in [2.24, 2.45) is 0 Å². The lowest BCUT2D eigenvalue weighted by molar-refractivity contribution is 0.0979. The fraction of sp³-hybridized carbons (Fsp3) is 0. The molecule has 1 amide bonds. The summed E-state index contributed by atoms with van der Waals surface area (Å²) in [7, 11) is -3.98. The molecule has 0 fully saturated rings. The van der Waals surface area contributed by atoms with Gasteiger partial charge in [-0.05, 0) is 42.5 Å². The van der Waals surface area contributed by atoms with Gasteiger partial charge in [0.2, 0.25) is 0 Å². The fourth-order valence-corrected chi connectivity index (χ4v) is 3.83. The number of rotatable bonds is 5. The van der Waals surface area contributed by atoms with Crippen LogP contribution in [0, 0.1) is 0 Å². The molecular weight excluding hydrogens is 376 g/mol. The zero-order valence-corrected chi connectivity index (χ0v) is 15.4. The van der Waals surface area contributed by atoms with Gasteiger partial charge < -0.3 is 9.72 Å². The predicted octanol–water partition coefficient (Wildman–Crippen LogP) is 4.08. The number of H-pyrrole nitrogens is 1. The van der Waals surface area contributed by atoms with E-state index in [1.807, 2.05) is 18.2 Å². The average molecular weight is 392 g/mol. The average Bonchev–Trinajstić information content (AvgIpc) is 3.19. The first-order chi connectivity index (χ1) is 13.5. The Labute approximate surface area is 161 Å².